The maximum absolute atomic E-state index is 13.8. The predicted octanol–water partition coefficient (Wildman–Crippen LogP) is 4.93. The number of hydrogen-bond donors (Lipinski definition) is 2. The van der Waals surface area contributed by atoms with E-state index in [-0.39, 0.29) is 30.0 Å². The molecule has 1 aromatic heterocycles. The molecule has 30 heavy (non-hydrogen) atoms. The second-order valence-electron chi connectivity index (χ2n) is 7.36. The summed E-state index contributed by atoms with van der Waals surface area (Å²) in [5.41, 5.74) is 2.07. The third-order valence-electron chi connectivity index (χ3n) is 4.63. The quantitative estimate of drug-likeness (QED) is 0.555. The second-order valence-corrected chi connectivity index (χ2v) is 7.36. The van der Waals surface area contributed by atoms with E-state index in [1.807, 2.05) is 38.1 Å². The molecule has 2 amide bonds. The third-order valence-corrected chi connectivity index (χ3v) is 4.63. The van der Waals surface area contributed by atoms with E-state index in [1.54, 1.807) is 30.3 Å². The van der Waals surface area contributed by atoms with E-state index in [1.165, 1.54) is 6.07 Å². The molecule has 6 heteroatoms. The molecule has 0 bridgehead atoms. The van der Waals surface area contributed by atoms with E-state index in [9.17, 15) is 14.0 Å². The van der Waals surface area contributed by atoms with Gasteiger partial charge in [-0.15, -0.1) is 0 Å². The van der Waals surface area contributed by atoms with Gasteiger partial charge in [-0.1, -0.05) is 38.1 Å². The Morgan fingerprint density at radius 1 is 1.00 bits per heavy atom. The van der Waals surface area contributed by atoms with Gasteiger partial charge >= 0.3 is 0 Å². The Morgan fingerprint density at radius 2 is 1.73 bits per heavy atom. The lowest BCUT2D eigenvalue weighted by molar-refractivity contribution is -0.121. The molecule has 3 aromatic rings. The fourth-order valence-corrected chi connectivity index (χ4v) is 2.84. The van der Waals surface area contributed by atoms with Gasteiger partial charge in [-0.25, -0.2) is 4.39 Å². The number of nitrogens with one attached hydrogen (secondary N) is 2. The molecule has 2 aromatic carbocycles. The Morgan fingerprint density at radius 3 is 2.43 bits per heavy atom. The van der Waals surface area contributed by atoms with Crippen molar-refractivity contribution in [2.24, 2.45) is 5.92 Å². The largest absolute Gasteiger partial charge is 0.461 e. The molecule has 1 heterocycles. The van der Waals surface area contributed by atoms with Gasteiger partial charge in [-0.3, -0.25) is 9.59 Å². The summed E-state index contributed by atoms with van der Waals surface area (Å²) in [7, 11) is 0. The van der Waals surface area contributed by atoms with Gasteiger partial charge in [0.1, 0.15) is 17.3 Å². The number of halogens is 1. The minimum atomic E-state index is -0.342. The van der Waals surface area contributed by atoms with Crippen molar-refractivity contribution in [2.45, 2.75) is 33.2 Å². The zero-order valence-electron chi connectivity index (χ0n) is 17.1. The first kappa shape index (κ1) is 21.3. The molecule has 3 rings (SSSR count). The van der Waals surface area contributed by atoms with Gasteiger partial charge in [0, 0.05) is 31.0 Å². The van der Waals surface area contributed by atoms with E-state index in [0.717, 1.165) is 11.3 Å². The Balaban J connectivity index is 1.45. The summed E-state index contributed by atoms with van der Waals surface area (Å²) in [4.78, 5) is 23.8. The fourth-order valence-electron chi connectivity index (χ4n) is 2.84. The molecule has 0 aliphatic carbocycles. The molecule has 156 valence electrons. The van der Waals surface area contributed by atoms with Crippen LogP contribution in [0.5, 0.6) is 0 Å². The van der Waals surface area contributed by atoms with Crippen molar-refractivity contribution in [3.63, 3.8) is 0 Å². The smallest absolute Gasteiger partial charge is 0.226 e. The first-order valence-corrected chi connectivity index (χ1v) is 9.92. The van der Waals surface area contributed by atoms with Gasteiger partial charge < -0.3 is 15.1 Å². The van der Waals surface area contributed by atoms with Crippen LogP contribution in [-0.2, 0) is 22.6 Å². The van der Waals surface area contributed by atoms with Gasteiger partial charge in [-0.2, -0.15) is 0 Å². The Bertz CT molecular complexity index is 1010. The number of amides is 2. The lowest BCUT2D eigenvalue weighted by Gasteiger charge is -2.09. The number of benzene rings is 2. The van der Waals surface area contributed by atoms with Crippen LogP contribution in [0.3, 0.4) is 0 Å². The third kappa shape index (κ3) is 5.80. The standard InChI is InChI=1S/C24H25FN2O3/c1-16(2)24(29)27-18-9-7-17(8-10-18)15-26-23(28)14-12-19-11-13-22(30-19)20-5-3-4-6-21(20)25/h3-11,13,16H,12,14-15H2,1-2H3,(H,26,28)(H,27,29). The number of anilines is 1. The molecule has 2 N–H and O–H groups in total. The number of rotatable bonds is 8. The first-order valence-electron chi connectivity index (χ1n) is 9.92. The van der Waals surface area contributed by atoms with E-state index >= 15 is 0 Å². The Kier molecular flexibility index (Phi) is 7.01. The van der Waals surface area contributed by atoms with Crippen LogP contribution < -0.4 is 10.6 Å². The van der Waals surface area contributed by atoms with Crippen molar-refractivity contribution in [2.75, 3.05) is 5.32 Å². The van der Waals surface area contributed by atoms with E-state index in [0.29, 0.717) is 30.0 Å². The average molecular weight is 408 g/mol. The molecule has 0 radical (unpaired) electrons. The zero-order chi connectivity index (χ0) is 21.5. The van der Waals surface area contributed by atoms with Crippen LogP contribution in [0.2, 0.25) is 0 Å². The summed E-state index contributed by atoms with van der Waals surface area (Å²) in [5.74, 6) is 0.525. The average Bonchev–Trinajstić information content (AvgIpc) is 3.20. The Hall–Kier alpha value is -3.41. The molecule has 0 saturated carbocycles. The Labute approximate surface area is 175 Å². The van der Waals surface area contributed by atoms with Crippen LogP contribution in [0.15, 0.2) is 65.1 Å². The lowest BCUT2D eigenvalue weighted by atomic mass is 10.1. The fraction of sp³-hybridized carbons (Fsp3) is 0.250. The van der Waals surface area contributed by atoms with Crippen LogP contribution in [0.25, 0.3) is 11.3 Å². The van der Waals surface area contributed by atoms with Crippen LogP contribution >= 0.6 is 0 Å². The molecule has 0 spiro atoms. The molecular formula is C24H25FN2O3. The molecule has 0 aliphatic heterocycles. The van der Waals surface area contributed by atoms with E-state index in [4.69, 9.17) is 4.42 Å². The SMILES string of the molecule is CC(C)C(=O)Nc1ccc(CNC(=O)CCc2ccc(-c3ccccc3F)o2)cc1. The summed E-state index contributed by atoms with van der Waals surface area (Å²) in [5, 5.41) is 5.70. The highest BCUT2D eigenvalue weighted by Crippen LogP contribution is 2.25. The van der Waals surface area contributed by atoms with E-state index in [2.05, 4.69) is 10.6 Å². The summed E-state index contributed by atoms with van der Waals surface area (Å²) in [6, 6.07) is 17.3. The molecule has 0 saturated heterocycles. The molecule has 0 fully saturated rings. The maximum atomic E-state index is 13.8. The van der Waals surface area contributed by atoms with Crippen LogP contribution in [0.4, 0.5) is 10.1 Å². The van der Waals surface area contributed by atoms with Gasteiger partial charge in [0.05, 0.1) is 5.56 Å². The van der Waals surface area contributed by atoms with Crippen molar-refractivity contribution in [1.29, 1.82) is 0 Å². The van der Waals surface area contributed by atoms with Gasteiger partial charge in [0.2, 0.25) is 11.8 Å². The van der Waals surface area contributed by atoms with Crippen molar-refractivity contribution in [3.8, 4) is 11.3 Å². The van der Waals surface area contributed by atoms with Gasteiger partial charge in [0.25, 0.3) is 0 Å². The van der Waals surface area contributed by atoms with Crippen LogP contribution in [0, 0.1) is 11.7 Å². The van der Waals surface area contributed by atoms with Crippen molar-refractivity contribution in [3.05, 3.63) is 77.8 Å². The van der Waals surface area contributed by atoms with Crippen molar-refractivity contribution >= 4 is 17.5 Å². The zero-order valence-corrected chi connectivity index (χ0v) is 17.1. The molecule has 5 nitrogen and oxygen atoms in total. The number of furan rings is 1. The summed E-state index contributed by atoms with van der Waals surface area (Å²) >= 11 is 0. The normalized spacial score (nSPS) is 10.8. The van der Waals surface area contributed by atoms with Gasteiger partial charge in [-0.05, 0) is 42.0 Å². The summed E-state index contributed by atoms with van der Waals surface area (Å²) in [6.45, 7) is 4.07. The summed E-state index contributed by atoms with van der Waals surface area (Å²) < 4.78 is 19.5. The minimum Gasteiger partial charge on any atom is -0.461 e. The minimum absolute atomic E-state index is 0.0351. The highest BCUT2D eigenvalue weighted by Gasteiger charge is 2.11. The second kappa shape index (κ2) is 9.87. The molecule has 0 aliphatic rings. The molecular weight excluding hydrogens is 383 g/mol. The van der Waals surface area contributed by atoms with Crippen LogP contribution in [-0.4, -0.2) is 11.8 Å². The number of carbonyl (C=O) groups excluding carboxylic acids is 2. The van der Waals surface area contributed by atoms with Crippen molar-refractivity contribution in [1.82, 2.24) is 5.32 Å². The first-order chi connectivity index (χ1) is 14.4. The summed E-state index contributed by atoms with van der Waals surface area (Å²) in [6.07, 6.45) is 0.702. The number of carbonyl (C=O) groups is 2. The van der Waals surface area contributed by atoms with Crippen LogP contribution in [0.1, 0.15) is 31.6 Å². The number of aryl methyl sites for hydroxylation is 1. The monoisotopic (exact) mass is 408 g/mol. The molecule has 0 atom stereocenters. The van der Waals surface area contributed by atoms with Crippen molar-refractivity contribution < 1.29 is 18.4 Å². The maximum Gasteiger partial charge on any atom is 0.226 e. The lowest BCUT2D eigenvalue weighted by Crippen LogP contribution is -2.23. The highest BCUT2D eigenvalue weighted by atomic mass is 19.1. The van der Waals surface area contributed by atoms with E-state index < -0.39 is 0 Å². The highest BCUT2D eigenvalue weighted by molar-refractivity contribution is 5.92. The topological polar surface area (TPSA) is 71.3 Å². The number of hydrogen-bond acceptors (Lipinski definition) is 3. The molecule has 0 unspecified atom stereocenters. The van der Waals surface area contributed by atoms with Gasteiger partial charge in [0.15, 0.2) is 0 Å². The predicted molar refractivity (Wildman–Crippen MR) is 114 cm³/mol.